The summed E-state index contributed by atoms with van der Waals surface area (Å²) in [5.41, 5.74) is 0.480. The van der Waals surface area contributed by atoms with E-state index in [0.29, 0.717) is 31.9 Å². The number of rotatable bonds is 2. The molecule has 1 amide bonds. The third kappa shape index (κ3) is 3.05. The summed E-state index contributed by atoms with van der Waals surface area (Å²) in [6, 6.07) is 5.56. The number of ether oxygens (including phenoxy) is 2. The smallest absolute Gasteiger partial charge is 0.254 e. The molecule has 1 fully saturated rings. The van der Waals surface area contributed by atoms with Crippen molar-refractivity contribution in [3.63, 3.8) is 0 Å². The van der Waals surface area contributed by atoms with Gasteiger partial charge in [0.1, 0.15) is 5.82 Å². The fraction of sp³-hybridized carbons (Fsp3) is 0.462. The molecule has 98 valence electrons. The van der Waals surface area contributed by atoms with Crippen LogP contribution in [0.15, 0.2) is 24.3 Å². The summed E-state index contributed by atoms with van der Waals surface area (Å²) in [6.07, 6.45) is -0.114. The summed E-state index contributed by atoms with van der Waals surface area (Å²) >= 11 is 0. The van der Waals surface area contributed by atoms with E-state index in [1.807, 2.05) is 0 Å². The summed E-state index contributed by atoms with van der Waals surface area (Å²) in [6.45, 7) is 2.00. The van der Waals surface area contributed by atoms with E-state index < -0.39 is 0 Å². The zero-order valence-corrected chi connectivity index (χ0v) is 10.3. The molecule has 0 aliphatic carbocycles. The number of amides is 1. The van der Waals surface area contributed by atoms with E-state index in [1.54, 1.807) is 12.0 Å². The van der Waals surface area contributed by atoms with Crippen molar-refractivity contribution in [1.82, 2.24) is 4.90 Å². The Morgan fingerprint density at radius 2 is 2.17 bits per heavy atom. The van der Waals surface area contributed by atoms with Crippen LogP contribution in [0.5, 0.6) is 0 Å². The average Bonchev–Trinajstić information content (AvgIpc) is 2.64. The van der Waals surface area contributed by atoms with Gasteiger partial charge >= 0.3 is 0 Å². The van der Waals surface area contributed by atoms with Crippen molar-refractivity contribution in [1.29, 1.82) is 0 Å². The predicted molar refractivity (Wildman–Crippen MR) is 63.9 cm³/mol. The lowest BCUT2D eigenvalue weighted by Crippen LogP contribution is -2.38. The minimum absolute atomic E-state index is 0.114. The van der Waals surface area contributed by atoms with Crippen molar-refractivity contribution in [3.05, 3.63) is 35.6 Å². The number of carbonyl (C=O) groups is 1. The molecule has 0 spiro atoms. The first-order valence-electron chi connectivity index (χ1n) is 5.86. The first kappa shape index (κ1) is 13.0. The maximum atomic E-state index is 12.8. The molecule has 0 unspecified atom stereocenters. The molecule has 0 saturated carbocycles. The predicted octanol–water partition coefficient (Wildman–Crippen LogP) is 1.31. The molecule has 2 rings (SSSR count). The zero-order valence-electron chi connectivity index (χ0n) is 10.3. The molecule has 1 aromatic rings. The monoisotopic (exact) mass is 253 g/mol. The van der Waals surface area contributed by atoms with E-state index in [0.717, 1.165) is 0 Å². The highest BCUT2D eigenvalue weighted by molar-refractivity contribution is 5.94. The third-order valence-electron chi connectivity index (χ3n) is 2.95. The molecular formula is C13H16FNO3. The lowest BCUT2D eigenvalue weighted by Gasteiger charge is -2.22. The van der Waals surface area contributed by atoms with E-state index in [-0.39, 0.29) is 17.8 Å². The van der Waals surface area contributed by atoms with Crippen molar-refractivity contribution in [2.75, 3.05) is 33.4 Å². The molecular weight excluding hydrogens is 237 g/mol. The number of hydrogen-bond donors (Lipinski definition) is 0. The summed E-state index contributed by atoms with van der Waals surface area (Å²) in [7, 11) is 1.60. The van der Waals surface area contributed by atoms with Gasteiger partial charge in [0.25, 0.3) is 5.91 Å². The lowest BCUT2D eigenvalue weighted by molar-refractivity contribution is 0.0225. The van der Waals surface area contributed by atoms with Gasteiger partial charge < -0.3 is 14.4 Å². The van der Waals surface area contributed by atoms with Gasteiger partial charge in [0.15, 0.2) is 0 Å². The van der Waals surface area contributed by atoms with Crippen LogP contribution < -0.4 is 0 Å². The molecule has 0 radical (unpaired) electrons. The SMILES string of the molecule is CO[C@H]1COCCN(C(=O)c2ccc(F)cc2)C1. The van der Waals surface area contributed by atoms with Crippen LogP contribution in [0.1, 0.15) is 10.4 Å². The van der Waals surface area contributed by atoms with E-state index in [2.05, 4.69) is 0 Å². The molecule has 4 nitrogen and oxygen atoms in total. The number of hydrogen-bond acceptors (Lipinski definition) is 3. The fourth-order valence-corrected chi connectivity index (χ4v) is 1.88. The van der Waals surface area contributed by atoms with Gasteiger partial charge in [0.05, 0.1) is 19.3 Å². The summed E-state index contributed by atoms with van der Waals surface area (Å²) in [4.78, 5) is 13.9. The topological polar surface area (TPSA) is 38.8 Å². The van der Waals surface area contributed by atoms with Crippen molar-refractivity contribution in [2.24, 2.45) is 0 Å². The second-order valence-electron chi connectivity index (χ2n) is 4.19. The molecule has 1 aliphatic heterocycles. The van der Waals surface area contributed by atoms with Crippen LogP contribution in [0.4, 0.5) is 4.39 Å². The summed E-state index contributed by atoms with van der Waals surface area (Å²) in [5.74, 6) is -0.469. The Morgan fingerprint density at radius 1 is 1.44 bits per heavy atom. The molecule has 18 heavy (non-hydrogen) atoms. The standard InChI is InChI=1S/C13H16FNO3/c1-17-12-8-15(6-7-18-9-12)13(16)10-2-4-11(14)5-3-10/h2-5,12H,6-9H2,1H3/t12-/m1/s1. The van der Waals surface area contributed by atoms with Crippen LogP contribution in [0, 0.1) is 5.82 Å². The average molecular weight is 253 g/mol. The van der Waals surface area contributed by atoms with E-state index in [9.17, 15) is 9.18 Å². The number of methoxy groups -OCH3 is 1. The summed E-state index contributed by atoms with van der Waals surface area (Å²) < 4.78 is 23.4. The Labute approximate surface area is 105 Å². The number of nitrogens with zero attached hydrogens (tertiary/aromatic N) is 1. The largest absolute Gasteiger partial charge is 0.377 e. The Balaban J connectivity index is 2.09. The first-order chi connectivity index (χ1) is 8.70. The number of carbonyl (C=O) groups excluding carboxylic acids is 1. The first-order valence-corrected chi connectivity index (χ1v) is 5.86. The number of benzene rings is 1. The maximum Gasteiger partial charge on any atom is 0.254 e. The lowest BCUT2D eigenvalue weighted by atomic mass is 10.2. The number of halogens is 1. The highest BCUT2D eigenvalue weighted by Crippen LogP contribution is 2.10. The third-order valence-corrected chi connectivity index (χ3v) is 2.95. The van der Waals surface area contributed by atoms with E-state index >= 15 is 0 Å². The Hall–Kier alpha value is -1.46. The van der Waals surface area contributed by atoms with Gasteiger partial charge in [-0.05, 0) is 24.3 Å². The molecule has 1 aromatic carbocycles. The Morgan fingerprint density at radius 3 is 2.83 bits per heavy atom. The Kier molecular flexibility index (Phi) is 4.28. The van der Waals surface area contributed by atoms with Gasteiger partial charge in [-0.15, -0.1) is 0 Å². The van der Waals surface area contributed by atoms with Gasteiger partial charge in [-0.25, -0.2) is 4.39 Å². The van der Waals surface area contributed by atoms with E-state index in [4.69, 9.17) is 9.47 Å². The minimum atomic E-state index is -0.347. The molecule has 0 N–H and O–H groups in total. The van der Waals surface area contributed by atoms with Crippen molar-refractivity contribution < 1.29 is 18.7 Å². The highest BCUT2D eigenvalue weighted by Gasteiger charge is 2.23. The van der Waals surface area contributed by atoms with Crippen molar-refractivity contribution in [2.45, 2.75) is 6.10 Å². The second-order valence-corrected chi connectivity index (χ2v) is 4.19. The van der Waals surface area contributed by atoms with Crippen LogP contribution in [-0.4, -0.2) is 50.3 Å². The molecule has 0 bridgehead atoms. The van der Waals surface area contributed by atoms with Crippen LogP contribution in [0.25, 0.3) is 0 Å². The zero-order chi connectivity index (χ0) is 13.0. The molecule has 1 atom stereocenters. The van der Waals surface area contributed by atoms with Gasteiger partial charge in [-0.2, -0.15) is 0 Å². The second kappa shape index (κ2) is 5.93. The van der Waals surface area contributed by atoms with Crippen LogP contribution in [0.3, 0.4) is 0 Å². The summed E-state index contributed by atoms with van der Waals surface area (Å²) in [5, 5.41) is 0. The van der Waals surface area contributed by atoms with Gasteiger partial charge in [-0.3, -0.25) is 4.79 Å². The minimum Gasteiger partial charge on any atom is -0.377 e. The molecule has 5 heteroatoms. The molecule has 1 aliphatic rings. The normalized spacial score (nSPS) is 20.6. The highest BCUT2D eigenvalue weighted by atomic mass is 19.1. The molecule has 0 aromatic heterocycles. The maximum absolute atomic E-state index is 12.8. The molecule has 1 saturated heterocycles. The Bertz CT molecular complexity index is 407. The van der Waals surface area contributed by atoms with E-state index in [1.165, 1.54) is 24.3 Å². The quantitative estimate of drug-likeness (QED) is 0.797. The molecule has 1 heterocycles. The van der Waals surface area contributed by atoms with Gasteiger partial charge in [0.2, 0.25) is 0 Å². The van der Waals surface area contributed by atoms with Crippen LogP contribution in [0.2, 0.25) is 0 Å². The van der Waals surface area contributed by atoms with Gasteiger partial charge in [0, 0.05) is 25.8 Å². The van der Waals surface area contributed by atoms with Crippen LogP contribution >= 0.6 is 0 Å². The van der Waals surface area contributed by atoms with Crippen molar-refractivity contribution in [3.8, 4) is 0 Å². The van der Waals surface area contributed by atoms with Crippen LogP contribution in [-0.2, 0) is 9.47 Å². The fourth-order valence-electron chi connectivity index (χ4n) is 1.88. The van der Waals surface area contributed by atoms with Crippen molar-refractivity contribution >= 4 is 5.91 Å². The van der Waals surface area contributed by atoms with Gasteiger partial charge in [-0.1, -0.05) is 0 Å².